The number of aliphatic carboxylic acids is 1. The molecule has 2 N–H and O–H groups in total. The maximum Gasteiger partial charge on any atom is 0.305 e. The summed E-state index contributed by atoms with van der Waals surface area (Å²) in [5, 5.41) is 15.1. The monoisotopic (exact) mass is 225 g/mol. The molecule has 0 aliphatic rings. The summed E-state index contributed by atoms with van der Waals surface area (Å²) in [6.07, 6.45) is 3.65. The minimum atomic E-state index is -0.917. The number of hydrogen-bond donors (Lipinski definition) is 2. The van der Waals surface area contributed by atoms with Gasteiger partial charge < -0.3 is 10.4 Å². The third-order valence-electron chi connectivity index (χ3n) is 2.02. The first-order valence-corrected chi connectivity index (χ1v) is 5.06. The minimum absolute atomic E-state index is 0.0620. The van der Waals surface area contributed by atoms with Crippen molar-refractivity contribution in [2.24, 2.45) is 0 Å². The first-order chi connectivity index (χ1) is 7.58. The summed E-state index contributed by atoms with van der Waals surface area (Å²) < 4.78 is 1.65. The average Bonchev–Trinajstić information content (AvgIpc) is 2.65. The van der Waals surface area contributed by atoms with Crippen molar-refractivity contribution in [3.8, 4) is 0 Å². The van der Waals surface area contributed by atoms with Gasteiger partial charge in [0, 0.05) is 31.4 Å². The van der Waals surface area contributed by atoms with Gasteiger partial charge in [0.15, 0.2) is 0 Å². The zero-order valence-electron chi connectivity index (χ0n) is 9.09. The Hall–Kier alpha value is -1.85. The van der Waals surface area contributed by atoms with Crippen molar-refractivity contribution in [3.05, 3.63) is 18.5 Å². The van der Waals surface area contributed by atoms with Gasteiger partial charge in [0.1, 0.15) is 0 Å². The van der Waals surface area contributed by atoms with E-state index >= 15 is 0 Å². The Morgan fingerprint density at radius 1 is 1.56 bits per heavy atom. The lowest BCUT2D eigenvalue weighted by Crippen LogP contribution is -2.34. The largest absolute Gasteiger partial charge is 0.481 e. The number of aryl methyl sites for hydroxylation is 1. The zero-order chi connectivity index (χ0) is 12.0. The third kappa shape index (κ3) is 4.59. The molecule has 0 aliphatic carbocycles. The van der Waals surface area contributed by atoms with Gasteiger partial charge in [-0.25, -0.2) is 0 Å². The molecule has 1 aromatic heterocycles. The lowest BCUT2D eigenvalue weighted by Gasteiger charge is -2.11. The van der Waals surface area contributed by atoms with Crippen molar-refractivity contribution >= 4 is 11.9 Å². The summed E-state index contributed by atoms with van der Waals surface area (Å²) in [6.45, 7) is 2.17. The molecular formula is C10H15N3O3. The molecule has 0 aliphatic heterocycles. The van der Waals surface area contributed by atoms with Crippen LogP contribution in [0.1, 0.15) is 19.8 Å². The van der Waals surface area contributed by atoms with Crippen molar-refractivity contribution in [1.82, 2.24) is 15.1 Å². The van der Waals surface area contributed by atoms with Crippen LogP contribution < -0.4 is 5.32 Å². The normalized spacial score (nSPS) is 12.1. The SMILES string of the molecule is CC(CC(=O)O)NC(=O)CCn1cccn1. The molecule has 1 amide bonds. The molecule has 0 saturated carbocycles. The predicted octanol–water partition coefficient (Wildman–Crippen LogP) is 0.253. The second kappa shape index (κ2) is 5.89. The Morgan fingerprint density at radius 2 is 2.31 bits per heavy atom. The number of hydrogen-bond acceptors (Lipinski definition) is 3. The highest BCUT2D eigenvalue weighted by Crippen LogP contribution is 1.94. The Labute approximate surface area is 93.3 Å². The minimum Gasteiger partial charge on any atom is -0.481 e. The highest BCUT2D eigenvalue weighted by Gasteiger charge is 2.10. The van der Waals surface area contributed by atoms with Crippen LogP contribution in [0.3, 0.4) is 0 Å². The van der Waals surface area contributed by atoms with Crippen LogP contribution in [0.2, 0.25) is 0 Å². The zero-order valence-corrected chi connectivity index (χ0v) is 9.09. The maximum atomic E-state index is 11.4. The van der Waals surface area contributed by atoms with Gasteiger partial charge >= 0.3 is 5.97 Å². The van der Waals surface area contributed by atoms with Crippen LogP contribution in [-0.2, 0) is 16.1 Å². The number of carbonyl (C=O) groups is 2. The number of nitrogens with one attached hydrogen (secondary N) is 1. The third-order valence-corrected chi connectivity index (χ3v) is 2.02. The van der Waals surface area contributed by atoms with Gasteiger partial charge in [-0.3, -0.25) is 14.3 Å². The van der Waals surface area contributed by atoms with E-state index in [2.05, 4.69) is 10.4 Å². The molecule has 1 aromatic rings. The first kappa shape index (κ1) is 12.2. The van der Waals surface area contributed by atoms with Crippen LogP contribution in [0, 0.1) is 0 Å². The number of carboxylic acid groups (broad SMARTS) is 1. The Morgan fingerprint density at radius 3 is 2.88 bits per heavy atom. The second-order valence-corrected chi connectivity index (χ2v) is 3.59. The van der Waals surface area contributed by atoms with E-state index in [1.807, 2.05) is 0 Å². The summed E-state index contributed by atoms with van der Waals surface area (Å²) in [5.41, 5.74) is 0. The van der Waals surface area contributed by atoms with Crippen molar-refractivity contribution in [1.29, 1.82) is 0 Å². The van der Waals surface area contributed by atoms with Crippen LogP contribution in [0.25, 0.3) is 0 Å². The average molecular weight is 225 g/mol. The number of carboxylic acids is 1. The molecule has 0 bridgehead atoms. The Balaban J connectivity index is 2.23. The molecule has 1 unspecified atom stereocenters. The highest BCUT2D eigenvalue weighted by atomic mass is 16.4. The molecule has 1 rings (SSSR count). The fourth-order valence-corrected chi connectivity index (χ4v) is 1.31. The lowest BCUT2D eigenvalue weighted by molar-refractivity contribution is -0.137. The summed E-state index contributed by atoms with van der Waals surface area (Å²) in [4.78, 5) is 21.8. The number of aromatic nitrogens is 2. The second-order valence-electron chi connectivity index (χ2n) is 3.59. The summed E-state index contributed by atoms with van der Waals surface area (Å²) >= 11 is 0. The molecule has 0 saturated heterocycles. The van der Waals surface area contributed by atoms with Gasteiger partial charge in [0.25, 0.3) is 0 Å². The molecule has 6 heteroatoms. The highest BCUT2D eigenvalue weighted by molar-refractivity contribution is 5.77. The Kier molecular flexibility index (Phi) is 4.50. The van der Waals surface area contributed by atoms with E-state index in [-0.39, 0.29) is 18.4 Å². The Bertz CT molecular complexity index is 348. The first-order valence-electron chi connectivity index (χ1n) is 5.06. The van der Waals surface area contributed by atoms with E-state index in [4.69, 9.17) is 5.11 Å². The molecule has 0 aromatic carbocycles. The summed E-state index contributed by atoms with van der Waals surface area (Å²) in [5.74, 6) is -1.08. The molecule has 88 valence electrons. The van der Waals surface area contributed by atoms with E-state index < -0.39 is 5.97 Å². The molecular weight excluding hydrogens is 210 g/mol. The number of carbonyl (C=O) groups excluding carboxylic acids is 1. The van der Waals surface area contributed by atoms with Crippen LogP contribution >= 0.6 is 0 Å². The topological polar surface area (TPSA) is 84.2 Å². The van der Waals surface area contributed by atoms with Gasteiger partial charge in [-0.1, -0.05) is 0 Å². The molecule has 1 heterocycles. The molecule has 0 fully saturated rings. The van der Waals surface area contributed by atoms with Crippen molar-refractivity contribution in [3.63, 3.8) is 0 Å². The van der Waals surface area contributed by atoms with Crippen LogP contribution in [-0.4, -0.2) is 32.8 Å². The van der Waals surface area contributed by atoms with E-state index in [9.17, 15) is 9.59 Å². The molecule has 16 heavy (non-hydrogen) atoms. The quantitative estimate of drug-likeness (QED) is 0.727. The van der Waals surface area contributed by atoms with Gasteiger partial charge in [-0.05, 0) is 13.0 Å². The van der Waals surface area contributed by atoms with Crippen molar-refractivity contribution < 1.29 is 14.7 Å². The fraction of sp³-hybridized carbons (Fsp3) is 0.500. The smallest absolute Gasteiger partial charge is 0.305 e. The van der Waals surface area contributed by atoms with E-state index in [0.717, 1.165) is 0 Å². The molecule has 6 nitrogen and oxygen atoms in total. The van der Waals surface area contributed by atoms with Gasteiger partial charge in [0.2, 0.25) is 5.91 Å². The van der Waals surface area contributed by atoms with Crippen molar-refractivity contribution in [2.45, 2.75) is 32.4 Å². The fourth-order valence-electron chi connectivity index (χ4n) is 1.31. The maximum absolute atomic E-state index is 11.4. The number of rotatable bonds is 6. The van der Waals surface area contributed by atoms with E-state index in [1.165, 1.54) is 0 Å². The van der Waals surface area contributed by atoms with Gasteiger partial charge in [-0.15, -0.1) is 0 Å². The molecule has 0 spiro atoms. The van der Waals surface area contributed by atoms with Gasteiger partial charge in [-0.2, -0.15) is 5.10 Å². The van der Waals surface area contributed by atoms with Gasteiger partial charge in [0.05, 0.1) is 6.42 Å². The predicted molar refractivity (Wildman–Crippen MR) is 56.7 cm³/mol. The standard InChI is InChI=1S/C10H15N3O3/c1-8(7-10(15)16)12-9(14)3-6-13-5-2-4-11-13/h2,4-5,8H,3,6-7H2,1H3,(H,12,14)(H,15,16). The van der Waals surface area contributed by atoms with Crippen molar-refractivity contribution in [2.75, 3.05) is 0 Å². The van der Waals surface area contributed by atoms with Crippen LogP contribution in [0.15, 0.2) is 18.5 Å². The number of amides is 1. The molecule has 1 atom stereocenters. The molecule has 0 radical (unpaired) electrons. The van der Waals surface area contributed by atoms with Crippen LogP contribution in [0.5, 0.6) is 0 Å². The summed E-state index contributed by atoms with van der Waals surface area (Å²) in [7, 11) is 0. The lowest BCUT2D eigenvalue weighted by atomic mass is 10.2. The number of nitrogens with zero attached hydrogens (tertiary/aromatic N) is 2. The van der Waals surface area contributed by atoms with E-state index in [0.29, 0.717) is 13.0 Å². The van der Waals surface area contributed by atoms with E-state index in [1.54, 1.807) is 30.1 Å². The summed E-state index contributed by atoms with van der Waals surface area (Å²) in [6, 6.07) is 1.44. The van der Waals surface area contributed by atoms with Crippen LogP contribution in [0.4, 0.5) is 0 Å².